The van der Waals surface area contributed by atoms with Crippen molar-refractivity contribution < 1.29 is 18.7 Å². The lowest BCUT2D eigenvalue weighted by Gasteiger charge is -2.31. The van der Waals surface area contributed by atoms with E-state index in [-0.39, 0.29) is 25.5 Å². The fourth-order valence-corrected chi connectivity index (χ4v) is 3.50. The predicted octanol–water partition coefficient (Wildman–Crippen LogP) is 4.24. The van der Waals surface area contributed by atoms with E-state index in [1.165, 1.54) is 18.0 Å². The molecule has 0 aromatic heterocycles. The molecule has 7 heteroatoms. The molecule has 1 unspecified atom stereocenters. The molecule has 32 heavy (non-hydrogen) atoms. The molecule has 0 saturated heterocycles. The molecule has 0 aliphatic carbocycles. The van der Waals surface area contributed by atoms with Gasteiger partial charge in [0, 0.05) is 30.6 Å². The summed E-state index contributed by atoms with van der Waals surface area (Å²) >= 11 is 5.98. The van der Waals surface area contributed by atoms with Gasteiger partial charge in [0.25, 0.3) is 5.91 Å². The maximum Gasteiger partial charge on any atom is 0.261 e. The summed E-state index contributed by atoms with van der Waals surface area (Å²) in [5, 5.41) is 3.09. The largest absolute Gasteiger partial charge is 0.484 e. The lowest BCUT2D eigenvalue weighted by atomic mass is 10.0. The molecule has 0 aliphatic heterocycles. The van der Waals surface area contributed by atoms with Crippen molar-refractivity contribution in [3.63, 3.8) is 0 Å². The first kappa shape index (κ1) is 23.3. The zero-order valence-electron chi connectivity index (χ0n) is 17.6. The van der Waals surface area contributed by atoms with E-state index >= 15 is 0 Å². The van der Waals surface area contributed by atoms with Gasteiger partial charge in [-0.05, 0) is 29.8 Å². The van der Waals surface area contributed by atoms with Gasteiger partial charge in [-0.15, -0.1) is 0 Å². The molecule has 0 fully saturated rings. The third kappa shape index (κ3) is 6.31. The first-order valence-electron chi connectivity index (χ1n) is 10.1. The van der Waals surface area contributed by atoms with Crippen molar-refractivity contribution in [2.75, 3.05) is 13.7 Å². The summed E-state index contributed by atoms with van der Waals surface area (Å²) in [7, 11) is 1.51. The van der Waals surface area contributed by atoms with Gasteiger partial charge < -0.3 is 15.0 Å². The Morgan fingerprint density at radius 1 is 1.03 bits per heavy atom. The highest BCUT2D eigenvalue weighted by molar-refractivity contribution is 6.30. The van der Waals surface area contributed by atoms with Crippen LogP contribution in [0, 0.1) is 5.82 Å². The summed E-state index contributed by atoms with van der Waals surface area (Å²) in [5.74, 6) is -0.813. The second-order valence-electron chi connectivity index (χ2n) is 7.18. The maximum atomic E-state index is 14.4. The van der Waals surface area contributed by atoms with Crippen LogP contribution < -0.4 is 10.1 Å². The number of amides is 2. The number of hydrogen-bond acceptors (Lipinski definition) is 3. The molecule has 1 N–H and O–H groups in total. The van der Waals surface area contributed by atoms with Gasteiger partial charge in [-0.25, -0.2) is 4.39 Å². The van der Waals surface area contributed by atoms with Crippen LogP contribution in [0.3, 0.4) is 0 Å². The van der Waals surface area contributed by atoms with Crippen LogP contribution in [0.4, 0.5) is 4.39 Å². The Morgan fingerprint density at radius 2 is 1.75 bits per heavy atom. The van der Waals surface area contributed by atoms with Crippen LogP contribution in [0.1, 0.15) is 11.1 Å². The van der Waals surface area contributed by atoms with Crippen LogP contribution in [0.2, 0.25) is 5.02 Å². The second-order valence-corrected chi connectivity index (χ2v) is 7.62. The number of rotatable bonds is 9. The van der Waals surface area contributed by atoms with E-state index < -0.39 is 17.8 Å². The van der Waals surface area contributed by atoms with Gasteiger partial charge in [-0.3, -0.25) is 9.59 Å². The van der Waals surface area contributed by atoms with Crippen LogP contribution in [0.5, 0.6) is 5.75 Å². The molecule has 0 saturated carbocycles. The van der Waals surface area contributed by atoms with E-state index in [1.54, 1.807) is 42.5 Å². The van der Waals surface area contributed by atoms with Gasteiger partial charge in [-0.1, -0.05) is 66.2 Å². The Hall–Kier alpha value is -3.38. The molecule has 3 aromatic carbocycles. The molecule has 0 spiro atoms. The highest BCUT2D eigenvalue weighted by Gasteiger charge is 2.30. The van der Waals surface area contributed by atoms with Crippen molar-refractivity contribution in [1.82, 2.24) is 10.2 Å². The van der Waals surface area contributed by atoms with Crippen molar-refractivity contribution in [3.05, 3.63) is 101 Å². The zero-order chi connectivity index (χ0) is 22.9. The van der Waals surface area contributed by atoms with Crippen molar-refractivity contribution >= 4 is 23.4 Å². The molecular formula is C25H24ClFN2O3. The number of nitrogens with one attached hydrogen (secondary N) is 1. The van der Waals surface area contributed by atoms with E-state index in [9.17, 15) is 14.0 Å². The van der Waals surface area contributed by atoms with Crippen LogP contribution in [-0.4, -0.2) is 36.4 Å². The van der Waals surface area contributed by atoms with Crippen LogP contribution in [-0.2, 0) is 22.6 Å². The molecule has 1 atom stereocenters. The van der Waals surface area contributed by atoms with E-state index in [2.05, 4.69) is 5.32 Å². The second kappa shape index (κ2) is 11.3. The summed E-state index contributed by atoms with van der Waals surface area (Å²) in [6, 6.07) is 21.4. The minimum atomic E-state index is -0.850. The van der Waals surface area contributed by atoms with Gasteiger partial charge in [0.05, 0.1) is 0 Å². The minimum absolute atomic E-state index is 0.0741. The summed E-state index contributed by atoms with van der Waals surface area (Å²) in [5.41, 5.74) is 1.19. The molecule has 0 aliphatic rings. The third-order valence-electron chi connectivity index (χ3n) is 4.97. The number of hydrogen-bond donors (Lipinski definition) is 1. The van der Waals surface area contributed by atoms with Crippen LogP contribution >= 0.6 is 11.6 Å². The van der Waals surface area contributed by atoms with Crippen LogP contribution in [0.15, 0.2) is 78.9 Å². The lowest BCUT2D eigenvalue weighted by molar-refractivity contribution is -0.142. The zero-order valence-corrected chi connectivity index (χ0v) is 18.4. The van der Waals surface area contributed by atoms with Gasteiger partial charge >= 0.3 is 0 Å². The predicted molar refractivity (Wildman–Crippen MR) is 122 cm³/mol. The minimum Gasteiger partial charge on any atom is -0.484 e. The molecule has 166 valence electrons. The summed E-state index contributed by atoms with van der Waals surface area (Å²) in [4.78, 5) is 27.4. The van der Waals surface area contributed by atoms with E-state index in [0.29, 0.717) is 16.3 Å². The molecule has 0 radical (unpaired) electrons. The molecule has 0 bridgehead atoms. The Kier molecular flexibility index (Phi) is 8.22. The summed E-state index contributed by atoms with van der Waals surface area (Å²) < 4.78 is 20.0. The van der Waals surface area contributed by atoms with Crippen LogP contribution in [0.25, 0.3) is 0 Å². The summed E-state index contributed by atoms with van der Waals surface area (Å²) in [6.07, 6.45) is 0.276. The summed E-state index contributed by atoms with van der Waals surface area (Å²) in [6.45, 7) is -0.396. The smallest absolute Gasteiger partial charge is 0.261 e. The highest BCUT2D eigenvalue weighted by atomic mass is 35.5. The highest BCUT2D eigenvalue weighted by Crippen LogP contribution is 2.19. The molecule has 0 heterocycles. The number of likely N-dealkylation sites (N-methyl/N-ethyl adjacent to an activating group) is 1. The standard InChI is InChI=1S/C25H24ClFN2O3/c1-28-25(31)23(14-18-8-3-2-4-9-18)29(16-19-10-5-6-13-22(19)27)24(30)17-32-21-12-7-11-20(26)15-21/h2-13,15,23H,14,16-17H2,1H3,(H,28,31). The maximum absolute atomic E-state index is 14.4. The van der Waals surface area contributed by atoms with E-state index in [1.807, 2.05) is 30.3 Å². The fraction of sp³-hybridized carbons (Fsp3) is 0.200. The lowest BCUT2D eigenvalue weighted by Crippen LogP contribution is -2.51. The number of benzene rings is 3. The van der Waals surface area contributed by atoms with Crippen molar-refractivity contribution in [1.29, 1.82) is 0 Å². The molecule has 3 rings (SSSR count). The molecule has 2 amide bonds. The number of ether oxygens (including phenoxy) is 1. The normalized spacial score (nSPS) is 11.5. The Morgan fingerprint density at radius 3 is 2.44 bits per heavy atom. The third-order valence-corrected chi connectivity index (χ3v) is 5.21. The first-order valence-corrected chi connectivity index (χ1v) is 10.5. The molecular weight excluding hydrogens is 431 g/mol. The first-order chi connectivity index (χ1) is 15.5. The van der Waals surface area contributed by atoms with Gasteiger partial charge in [0.15, 0.2) is 6.61 Å². The molecule has 3 aromatic rings. The van der Waals surface area contributed by atoms with E-state index in [4.69, 9.17) is 16.3 Å². The Bertz CT molecular complexity index is 1060. The van der Waals surface area contributed by atoms with Crippen molar-refractivity contribution in [2.24, 2.45) is 0 Å². The van der Waals surface area contributed by atoms with Crippen molar-refractivity contribution in [2.45, 2.75) is 19.0 Å². The van der Waals surface area contributed by atoms with Gasteiger partial charge in [-0.2, -0.15) is 0 Å². The Labute approximate surface area is 191 Å². The van der Waals surface area contributed by atoms with Gasteiger partial charge in [0.1, 0.15) is 17.6 Å². The fourth-order valence-electron chi connectivity index (χ4n) is 3.32. The SMILES string of the molecule is CNC(=O)C(Cc1ccccc1)N(Cc1ccccc1F)C(=O)COc1cccc(Cl)c1. The van der Waals surface area contributed by atoms with E-state index in [0.717, 1.165) is 5.56 Å². The number of carbonyl (C=O) groups is 2. The molecule has 5 nitrogen and oxygen atoms in total. The number of nitrogens with zero attached hydrogens (tertiary/aromatic N) is 1. The monoisotopic (exact) mass is 454 g/mol. The number of carbonyl (C=O) groups excluding carboxylic acids is 2. The van der Waals surface area contributed by atoms with Crippen molar-refractivity contribution in [3.8, 4) is 5.75 Å². The van der Waals surface area contributed by atoms with Gasteiger partial charge in [0.2, 0.25) is 5.91 Å². The number of halogens is 2. The topological polar surface area (TPSA) is 58.6 Å². The quantitative estimate of drug-likeness (QED) is 0.526. The average molecular weight is 455 g/mol. The Balaban J connectivity index is 1.88. The average Bonchev–Trinajstić information content (AvgIpc) is 2.81.